The third kappa shape index (κ3) is 3.01. The molecule has 3 rings (SSSR count). The van der Waals surface area contributed by atoms with Gasteiger partial charge in [0, 0.05) is 17.0 Å². The molecule has 1 N–H and O–H groups in total. The van der Waals surface area contributed by atoms with Gasteiger partial charge < -0.3 is 14.3 Å². The Morgan fingerprint density at radius 3 is 2.54 bits per heavy atom. The van der Waals surface area contributed by atoms with Crippen LogP contribution in [0.4, 0.5) is 0 Å². The lowest BCUT2D eigenvalue weighted by Gasteiger charge is -2.10. The van der Waals surface area contributed by atoms with Crippen LogP contribution in [0.3, 0.4) is 0 Å². The van der Waals surface area contributed by atoms with Gasteiger partial charge in [-0.2, -0.15) is 0 Å². The molecule has 5 nitrogen and oxygen atoms in total. The number of ether oxygens (including phenoxy) is 1. The average Bonchev–Trinajstić information content (AvgIpc) is 2.56. The fourth-order valence-electron chi connectivity index (χ4n) is 2.47. The van der Waals surface area contributed by atoms with E-state index >= 15 is 0 Å². The highest BCUT2D eigenvalue weighted by Crippen LogP contribution is 2.24. The molecule has 0 aliphatic rings. The summed E-state index contributed by atoms with van der Waals surface area (Å²) in [5.41, 5.74) is 2.86. The van der Waals surface area contributed by atoms with Crippen LogP contribution >= 0.6 is 0 Å². The number of carbonyl (C=O) groups is 1. The molecule has 24 heavy (non-hydrogen) atoms. The van der Waals surface area contributed by atoms with E-state index < -0.39 is 11.6 Å². The summed E-state index contributed by atoms with van der Waals surface area (Å²) in [6.45, 7) is 3.78. The third-order valence-corrected chi connectivity index (χ3v) is 3.98. The van der Waals surface area contributed by atoms with Crippen LogP contribution in [-0.4, -0.2) is 11.1 Å². The molecule has 5 heteroatoms. The van der Waals surface area contributed by atoms with E-state index in [-0.39, 0.29) is 12.4 Å². The highest BCUT2D eigenvalue weighted by Gasteiger charge is 2.12. The van der Waals surface area contributed by atoms with E-state index in [0.29, 0.717) is 16.7 Å². The second-order valence-corrected chi connectivity index (χ2v) is 5.60. The third-order valence-electron chi connectivity index (χ3n) is 3.98. The largest absolute Gasteiger partial charge is 0.508 e. The van der Waals surface area contributed by atoms with Crippen LogP contribution in [0.2, 0.25) is 0 Å². The van der Waals surface area contributed by atoms with Crippen molar-refractivity contribution in [2.75, 3.05) is 0 Å². The van der Waals surface area contributed by atoms with Gasteiger partial charge in [0.05, 0.1) is 5.56 Å². The molecular formula is C19H16O5. The van der Waals surface area contributed by atoms with Crippen LogP contribution in [0.1, 0.15) is 27.0 Å². The molecule has 0 aliphatic carbocycles. The fourth-order valence-corrected chi connectivity index (χ4v) is 2.47. The van der Waals surface area contributed by atoms with Crippen molar-refractivity contribution in [1.82, 2.24) is 0 Å². The lowest BCUT2D eigenvalue weighted by Crippen LogP contribution is -2.08. The molecule has 1 heterocycles. The van der Waals surface area contributed by atoms with Gasteiger partial charge in [-0.1, -0.05) is 12.1 Å². The monoisotopic (exact) mass is 324 g/mol. The molecule has 0 spiro atoms. The highest BCUT2D eigenvalue weighted by molar-refractivity contribution is 5.90. The first kappa shape index (κ1) is 15.8. The number of fused-ring (bicyclic) bond motifs is 1. The van der Waals surface area contributed by atoms with Gasteiger partial charge in [-0.25, -0.2) is 9.59 Å². The molecule has 0 atom stereocenters. The molecule has 1 aromatic heterocycles. The van der Waals surface area contributed by atoms with E-state index in [2.05, 4.69) is 0 Å². The Kier molecular flexibility index (Phi) is 4.08. The summed E-state index contributed by atoms with van der Waals surface area (Å²) in [5.74, 6) is -0.454. The fraction of sp³-hybridized carbons (Fsp3) is 0.158. The van der Waals surface area contributed by atoms with Crippen LogP contribution in [0.25, 0.3) is 11.0 Å². The predicted octanol–water partition coefficient (Wildman–Crippen LogP) is 3.47. The van der Waals surface area contributed by atoms with Crippen molar-refractivity contribution in [1.29, 1.82) is 0 Å². The number of rotatable bonds is 3. The molecular weight excluding hydrogens is 308 g/mol. The zero-order chi connectivity index (χ0) is 17.3. The van der Waals surface area contributed by atoms with E-state index in [1.54, 1.807) is 0 Å². The second-order valence-electron chi connectivity index (χ2n) is 5.60. The van der Waals surface area contributed by atoms with Gasteiger partial charge in [0.15, 0.2) is 0 Å². The number of phenols is 1. The first-order valence-electron chi connectivity index (χ1n) is 7.45. The summed E-state index contributed by atoms with van der Waals surface area (Å²) in [4.78, 5) is 23.9. The zero-order valence-corrected chi connectivity index (χ0v) is 13.3. The molecule has 0 unspecified atom stereocenters. The van der Waals surface area contributed by atoms with E-state index in [1.165, 1.54) is 30.3 Å². The van der Waals surface area contributed by atoms with Crippen molar-refractivity contribution < 1.29 is 19.1 Å². The van der Waals surface area contributed by atoms with Crippen molar-refractivity contribution in [2.24, 2.45) is 0 Å². The Morgan fingerprint density at radius 2 is 1.83 bits per heavy atom. The molecule has 0 bridgehead atoms. The maximum absolute atomic E-state index is 12.1. The molecule has 2 aromatic carbocycles. The van der Waals surface area contributed by atoms with Crippen LogP contribution < -0.4 is 5.63 Å². The summed E-state index contributed by atoms with van der Waals surface area (Å²) < 4.78 is 10.6. The van der Waals surface area contributed by atoms with Gasteiger partial charge in [0.1, 0.15) is 17.9 Å². The Labute approximate surface area is 138 Å². The standard InChI is InChI=1S/C19H16O5/c1-11-3-8-16-14(9-17(21)24-18(16)12(11)2)10-23-19(22)13-4-6-15(20)7-5-13/h3-9,20H,10H2,1-2H3. The number of esters is 1. The first-order chi connectivity index (χ1) is 11.5. The second kappa shape index (κ2) is 6.20. The number of hydrogen-bond donors (Lipinski definition) is 1. The van der Waals surface area contributed by atoms with Crippen LogP contribution in [-0.2, 0) is 11.3 Å². The first-order valence-corrected chi connectivity index (χ1v) is 7.45. The molecule has 0 fully saturated rings. The quantitative estimate of drug-likeness (QED) is 0.589. The number of benzene rings is 2. The Balaban J connectivity index is 1.90. The van der Waals surface area contributed by atoms with Gasteiger partial charge in [0.2, 0.25) is 0 Å². The zero-order valence-electron chi connectivity index (χ0n) is 13.3. The number of phenolic OH excluding ortho intramolecular Hbond substituents is 1. The van der Waals surface area contributed by atoms with Gasteiger partial charge in [0.25, 0.3) is 0 Å². The minimum Gasteiger partial charge on any atom is -0.508 e. The number of carbonyl (C=O) groups excluding carboxylic acids is 1. The predicted molar refractivity (Wildman–Crippen MR) is 89.2 cm³/mol. The normalized spacial score (nSPS) is 10.8. The molecule has 0 saturated carbocycles. The Morgan fingerprint density at radius 1 is 1.12 bits per heavy atom. The number of aromatic hydroxyl groups is 1. The minimum atomic E-state index is -0.528. The summed E-state index contributed by atoms with van der Waals surface area (Å²) in [6.07, 6.45) is 0. The van der Waals surface area contributed by atoms with Crippen LogP contribution in [0.5, 0.6) is 5.75 Å². The Hall–Kier alpha value is -3.08. The van der Waals surface area contributed by atoms with Gasteiger partial charge in [-0.3, -0.25) is 0 Å². The van der Waals surface area contributed by atoms with Crippen LogP contribution in [0.15, 0.2) is 51.7 Å². The lowest BCUT2D eigenvalue weighted by molar-refractivity contribution is 0.0474. The summed E-state index contributed by atoms with van der Waals surface area (Å²) >= 11 is 0. The minimum absolute atomic E-state index is 0.0374. The molecule has 122 valence electrons. The van der Waals surface area contributed by atoms with Gasteiger partial charge in [-0.15, -0.1) is 0 Å². The van der Waals surface area contributed by atoms with Crippen molar-refractivity contribution in [3.05, 3.63) is 75.1 Å². The van der Waals surface area contributed by atoms with Crippen molar-refractivity contribution in [3.8, 4) is 5.75 Å². The van der Waals surface area contributed by atoms with Gasteiger partial charge >= 0.3 is 11.6 Å². The molecule has 0 amide bonds. The van der Waals surface area contributed by atoms with E-state index in [9.17, 15) is 14.7 Å². The van der Waals surface area contributed by atoms with E-state index in [0.717, 1.165) is 16.5 Å². The number of aryl methyl sites for hydroxylation is 2. The molecule has 0 aliphatic heterocycles. The maximum atomic E-state index is 12.1. The van der Waals surface area contributed by atoms with E-state index in [4.69, 9.17) is 9.15 Å². The topological polar surface area (TPSA) is 76.7 Å². The lowest BCUT2D eigenvalue weighted by atomic mass is 10.0. The Bertz CT molecular complexity index is 967. The summed E-state index contributed by atoms with van der Waals surface area (Å²) in [6, 6.07) is 10.9. The molecule has 3 aromatic rings. The summed E-state index contributed by atoms with van der Waals surface area (Å²) in [5, 5.41) is 9.99. The molecule has 0 radical (unpaired) electrons. The van der Waals surface area contributed by atoms with Crippen molar-refractivity contribution >= 4 is 16.9 Å². The van der Waals surface area contributed by atoms with Crippen LogP contribution in [0, 0.1) is 13.8 Å². The SMILES string of the molecule is Cc1ccc2c(COC(=O)c3ccc(O)cc3)cc(=O)oc2c1C. The summed E-state index contributed by atoms with van der Waals surface area (Å²) in [7, 11) is 0. The average molecular weight is 324 g/mol. The van der Waals surface area contributed by atoms with Crippen molar-refractivity contribution in [3.63, 3.8) is 0 Å². The smallest absolute Gasteiger partial charge is 0.338 e. The van der Waals surface area contributed by atoms with Crippen molar-refractivity contribution in [2.45, 2.75) is 20.5 Å². The highest BCUT2D eigenvalue weighted by atomic mass is 16.5. The maximum Gasteiger partial charge on any atom is 0.338 e. The number of hydrogen-bond acceptors (Lipinski definition) is 5. The van der Waals surface area contributed by atoms with Gasteiger partial charge in [-0.05, 0) is 49.2 Å². The van der Waals surface area contributed by atoms with E-state index in [1.807, 2.05) is 26.0 Å². The molecule has 0 saturated heterocycles.